The Bertz CT molecular complexity index is 251. The minimum Gasteiger partial charge on any atom is -0.0608 e. The van der Waals surface area contributed by atoms with Gasteiger partial charge >= 0.3 is 0 Å². The van der Waals surface area contributed by atoms with E-state index in [-0.39, 0.29) is 0 Å². The van der Waals surface area contributed by atoms with Gasteiger partial charge < -0.3 is 0 Å². The Kier molecular flexibility index (Phi) is 2.72. The Morgan fingerprint density at radius 2 is 2.09 bits per heavy atom. The monoisotopic (exact) mass is 211 g/mol. The van der Waals surface area contributed by atoms with Crippen LogP contribution in [0.15, 0.2) is 22.7 Å². The van der Waals surface area contributed by atoms with Gasteiger partial charge in [-0.1, -0.05) is 35.0 Å². The largest absolute Gasteiger partial charge is 0.0608 e. The number of hydrogen-bond acceptors (Lipinski definition) is 0. The van der Waals surface area contributed by atoms with Crippen LogP contribution in [0.3, 0.4) is 0 Å². The quantitative estimate of drug-likeness (QED) is 0.665. The topological polar surface area (TPSA) is 0 Å². The maximum Gasteiger partial charge on any atom is 0.0207 e. The summed E-state index contributed by atoms with van der Waals surface area (Å²) in [7, 11) is 0. The summed E-state index contributed by atoms with van der Waals surface area (Å²) in [6, 6.07) is 6.23. The van der Waals surface area contributed by atoms with Gasteiger partial charge in [0.1, 0.15) is 0 Å². The Morgan fingerprint density at radius 3 is 2.55 bits per heavy atom. The van der Waals surface area contributed by atoms with Gasteiger partial charge in [0.05, 0.1) is 0 Å². The van der Waals surface area contributed by atoms with E-state index >= 15 is 0 Å². The highest BCUT2D eigenvalue weighted by Gasteiger charge is 2.04. The van der Waals surface area contributed by atoms with Gasteiger partial charge in [0.25, 0.3) is 0 Å². The molecule has 1 aromatic carbocycles. The van der Waals surface area contributed by atoms with Crippen molar-refractivity contribution in [3.63, 3.8) is 0 Å². The van der Waals surface area contributed by atoms with Crippen LogP contribution in [-0.4, -0.2) is 0 Å². The Balaban J connectivity index is 3.17. The molecular weight excluding hydrogens is 200 g/mol. The van der Waals surface area contributed by atoms with Gasteiger partial charge in [0, 0.05) is 4.47 Å². The van der Waals surface area contributed by atoms with E-state index in [0.29, 0.717) is 5.92 Å². The smallest absolute Gasteiger partial charge is 0.0207 e. The number of halogens is 1. The second-order valence-corrected chi connectivity index (χ2v) is 3.71. The van der Waals surface area contributed by atoms with E-state index in [1.54, 1.807) is 0 Å². The summed E-state index contributed by atoms with van der Waals surface area (Å²) >= 11 is 3.49. The first kappa shape index (κ1) is 8.79. The predicted octanol–water partition coefficient (Wildman–Crippen LogP) is 3.70. The first-order chi connectivity index (χ1) is 5.13. The molecule has 0 aliphatic rings. The van der Waals surface area contributed by atoms with E-state index in [0.717, 1.165) is 0 Å². The van der Waals surface area contributed by atoms with Crippen molar-refractivity contribution >= 4 is 15.9 Å². The molecule has 0 amide bonds. The zero-order valence-electron chi connectivity index (χ0n) is 6.89. The molecule has 0 aliphatic heterocycles. The fraction of sp³-hybridized carbons (Fsp3) is 0.300. The average molecular weight is 212 g/mol. The highest BCUT2D eigenvalue weighted by atomic mass is 79.9. The number of benzene rings is 1. The minimum absolute atomic E-state index is 0.368. The van der Waals surface area contributed by atoms with Crippen molar-refractivity contribution in [1.82, 2.24) is 0 Å². The summed E-state index contributed by atoms with van der Waals surface area (Å²) in [5.41, 5.74) is 2.62. The first-order valence-corrected chi connectivity index (χ1v) is 4.50. The summed E-state index contributed by atoms with van der Waals surface area (Å²) < 4.78 is 1.17. The van der Waals surface area contributed by atoms with Crippen LogP contribution in [0, 0.1) is 13.8 Å². The number of hydrogen-bond donors (Lipinski definition) is 0. The first-order valence-electron chi connectivity index (χ1n) is 3.71. The molecule has 0 heterocycles. The molecule has 0 spiro atoms. The fourth-order valence-corrected chi connectivity index (χ4v) is 1.54. The van der Waals surface area contributed by atoms with E-state index < -0.39 is 0 Å². The zero-order valence-corrected chi connectivity index (χ0v) is 8.48. The van der Waals surface area contributed by atoms with Crippen molar-refractivity contribution in [3.8, 4) is 0 Å². The van der Waals surface area contributed by atoms with Crippen molar-refractivity contribution in [3.05, 3.63) is 40.7 Å². The van der Waals surface area contributed by atoms with Gasteiger partial charge in [0.15, 0.2) is 0 Å². The molecule has 0 bridgehead atoms. The molecular formula is C10H12Br. The van der Waals surface area contributed by atoms with E-state index in [2.05, 4.69) is 48.8 Å². The van der Waals surface area contributed by atoms with E-state index in [1.807, 2.05) is 6.07 Å². The van der Waals surface area contributed by atoms with Crippen LogP contribution in [0.4, 0.5) is 0 Å². The molecule has 1 atom stereocenters. The van der Waals surface area contributed by atoms with Gasteiger partial charge in [-0.25, -0.2) is 0 Å². The maximum absolute atomic E-state index is 3.99. The molecule has 0 fully saturated rings. The third-order valence-electron chi connectivity index (χ3n) is 1.84. The third kappa shape index (κ3) is 1.84. The zero-order chi connectivity index (χ0) is 8.43. The average Bonchev–Trinajstić information content (AvgIpc) is 1.94. The molecule has 1 rings (SSSR count). The lowest BCUT2D eigenvalue weighted by atomic mass is 9.98. The molecule has 1 heteroatoms. The highest BCUT2D eigenvalue weighted by Crippen LogP contribution is 2.24. The number of rotatable bonds is 1. The Morgan fingerprint density at radius 1 is 1.45 bits per heavy atom. The lowest BCUT2D eigenvalue weighted by Gasteiger charge is -2.09. The molecule has 59 valence electrons. The van der Waals surface area contributed by atoms with Crippen molar-refractivity contribution in [1.29, 1.82) is 0 Å². The molecule has 1 radical (unpaired) electrons. The lowest BCUT2D eigenvalue weighted by Crippen LogP contribution is -1.91. The highest BCUT2D eigenvalue weighted by molar-refractivity contribution is 9.10. The van der Waals surface area contributed by atoms with Crippen LogP contribution in [0.1, 0.15) is 24.0 Å². The van der Waals surface area contributed by atoms with E-state index in [1.165, 1.54) is 15.6 Å². The van der Waals surface area contributed by atoms with Gasteiger partial charge in [-0.05, 0) is 37.0 Å². The molecule has 0 saturated carbocycles. The summed E-state index contributed by atoms with van der Waals surface area (Å²) in [4.78, 5) is 0. The van der Waals surface area contributed by atoms with E-state index in [9.17, 15) is 0 Å². The Labute approximate surface area is 76.8 Å². The van der Waals surface area contributed by atoms with Crippen molar-refractivity contribution in [2.45, 2.75) is 19.8 Å². The van der Waals surface area contributed by atoms with Crippen molar-refractivity contribution < 1.29 is 0 Å². The van der Waals surface area contributed by atoms with Crippen LogP contribution in [0.2, 0.25) is 0 Å². The third-order valence-corrected chi connectivity index (χ3v) is 2.70. The fourth-order valence-electron chi connectivity index (χ4n) is 1.16. The van der Waals surface area contributed by atoms with Crippen LogP contribution < -0.4 is 0 Å². The standard InChI is InChI=1S/C10H12Br/c1-7(2)9-5-4-6-10(11)8(9)3/h4-7H,1H2,2-3H3. The van der Waals surface area contributed by atoms with Gasteiger partial charge in [-0.15, -0.1) is 0 Å². The van der Waals surface area contributed by atoms with Crippen LogP contribution in [-0.2, 0) is 0 Å². The van der Waals surface area contributed by atoms with E-state index in [4.69, 9.17) is 0 Å². The molecule has 1 unspecified atom stereocenters. The summed E-state index contributed by atoms with van der Waals surface area (Å²) in [6.45, 7) is 8.21. The summed E-state index contributed by atoms with van der Waals surface area (Å²) in [6.07, 6.45) is 0. The lowest BCUT2D eigenvalue weighted by molar-refractivity contribution is 0.947. The van der Waals surface area contributed by atoms with Crippen LogP contribution >= 0.6 is 15.9 Å². The van der Waals surface area contributed by atoms with Crippen LogP contribution in [0.25, 0.3) is 0 Å². The van der Waals surface area contributed by atoms with Gasteiger partial charge in [-0.3, -0.25) is 0 Å². The molecule has 0 nitrogen and oxygen atoms in total. The minimum atomic E-state index is 0.368. The molecule has 0 N–H and O–H groups in total. The summed E-state index contributed by atoms with van der Waals surface area (Å²) in [5, 5.41) is 0. The normalized spacial score (nSPS) is 10.6. The molecule has 11 heavy (non-hydrogen) atoms. The predicted molar refractivity (Wildman–Crippen MR) is 52.7 cm³/mol. The molecule has 1 aromatic rings. The van der Waals surface area contributed by atoms with Gasteiger partial charge in [-0.2, -0.15) is 0 Å². The van der Waals surface area contributed by atoms with Crippen LogP contribution in [0.5, 0.6) is 0 Å². The second-order valence-electron chi connectivity index (χ2n) is 2.86. The van der Waals surface area contributed by atoms with Crippen molar-refractivity contribution in [2.75, 3.05) is 0 Å². The summed E-state index contributed by atoms with van der Waals surface area (Å²) in [5.74, 6) is 0.368. The van der Waals surface area contributed by atoms with Crippen molar-refractivity contribution in [2.24, 2.45) is 0 Å². The SMILES string of the molecule is [CH2]C(C)c1cccc(Br)c1C. The Hall–Kier alpha value is -0.300. The second kappa shape index (κ2) is 3.40. The van der Waals surface area contributed by atoms with Gasteiger partial charge in [0.2, 0.25) is 0 Å². The molecule has 0 aromatic heterocycles. The molecule has 0 saturated heterocycles. The molecule has 0 aliphatic carbocycles. The maximum atomic E-state index is 3.99.